The number of halogens is 1. The molecule has 1 aromatic heterocycles. The fraction of sp³-hybridized carbons (Fsp3) is 0. The molecule has 0 aliphatic rings. The first-order chi connectivity index (χ1) is 10.1. The fourth-order valence-electron chi connectivity index (χ4n) is 1.89. The Morgan fingerprint density at radius 1 is 1.05 bits per heavy atom. The number of carbonyl (C=O) groups is 1. The summed E-state index contributed by atoms with van der Waals surface area (Å²) in [5, 5.41) is 1.06. The van der Waals surface area contributed by atoms with Crippen molar-refractivity contribution in [3.8, 4) is 5.75 Å². The number of fused-ring (bicyclic) bond motifs is 1. The van der Waals surface area contributed by atoms with Crippen LogP contribution in [0.25, 0.3) is 11.0 Å². The molecule has 3 aromatic rings. The molecule has 0 fully saturated rings. The Hall–Kier alpha value is -2.59. The van der Waals surface area contributed by atoms with Crippen molar-refractivity contribution >= 4 is 28.5 Å². The summed E-state index contributed by atoms with van der Waals surface area (Å²) in [5.74, 6) is -0.292. The summed E-state index contributed by atoms with van der Waals surface area (Å²) in [7, 11) is 0. The minimum Gasteiger partial charge on any atom is -0.423 e. The van der Waals surface area contributed by atoms with Crippen molar-refractivity contribution in [3.05, 3.63) is 75.6 Å². The van der Waals surface area contributed by atoms with Gasteiger partial charge in [-0.05, 0) is 30.3 Å². The average molecular weight is 301 g/mol. The largest absolute Gasteiger partial charge is 0.423 e. The van der Waals surface area contributed by atoms with Gasteiger partial charge in [-0.1, -0.05) is 23.7 Å². The molecule has 0 unspecified atom stereocenters. The second-order valence-electron chi connectivity index (χ2n) is 4.32. The van der Waals surface area contributed by atoms with Crippen molar-refractivity contribution in [1.29, 1.82) is 0 Å². The van der Waals surface area contributed by atoms with Crippen LogP contribution in [0.2, 0.25) is 5.02 Å². The smallest absolute Gasteiger partial charge is 0.345 e. The van der Waals surface area contributed by atoms with Gasteiger partial charge in [-0.25, -0.2) is 9.59 Å². The zero-order valence-electron chi connectivity index (χ0n) is 10.7. The molecule has 5 heteroatoms. The Kier molecular flexibility index (Phi) is 3.46. The van der Waals surface area contributed by atoms with Crippen LogP contribution in [0.15, 0.2) is 63.8 Å². The molecule has 0 saturated carbocycles. The van der Waals surface area contributed by atoms with Gasteiger partial charge in [0, 0.05) is 17.5 Å². The molecule has 3 rings (SSSR count). The van der Waals surface area contributed by atoms with Crippen molar-refractivity contribution in [2.45, 2.75) is 0 Å². The highest BCUT2D eigenvalue weighted by Gasteiger charge is 2.12. The molecule has 0 N–H and O–H groups in total. The normalized spacial score (nSPS) is 10.5. The molecular formula is C16H9ClO4. The summed E-state index contributed by atoms with van der Waals surface area (Å²) in [6, 6.07) is 14.4. The monoisotopic (exact) mass is 300 g/mol. The number of hydrogen-bond donors (Lipinski definition) is 0. The van der Waals surface area contributed by atoms with E-state index in [1.807, 2.05) is 0 Å². The van der Waals surface area contributed by atoms with E-state index in [1.54, 1.807) is 42.5 Å². The maximum absolute atomic E-state index is 12.0. The topological polar surface area (TPSA) is 56.5 Å². The zero-order valence-corrected chi connectivity index (χ0v) is 11.5. The van der Waals surface area contributed by atoms with Gasteiger partial charge in [-0.2, -0.15) is 0 Å². The van der Waals surface area contributed by atoms with Crippen LogP contribution in [0.1, 0.15) is 10.4 Å². The number of ether oxygens (including phenoxy) is 1. The molecule has 0 saturated heterocycles. The molecule has 0 atom stereocenters. The predicted molar refractivity (Wildman–Crippen MR) is 78.9 cm³/mol. The molecule has 0 bridgehead atoms. The van der Waals surface area contributed by atoms with E-state index >= 15 is 0 Å². The van der Waals surface area contributed by atoms with Crippen molar-refractivity contribution in [2.24, 2.45) is 0 Å². The van der Waals surface area contributed by atoms with Gasteiger partial charge in [-0.3, -0.25) is 0 Å². The Labute approximate surface area is 124 Å². The van der Waals surface area contributed by atoms with Gasteiger partial charge < -0.3 is 9.15 Å². The lowest BCUT2D eigenvalue weighted by Gasteiger charge is -2.06. The molecule has 0 aliphatic carbocycles. The molecule has 4 nitrogen and oxygen atoms in total. The van der Waals surface area contributed by atoms with Gasteiger partial charge in [-0.15, -0.1) is 0 Å². The first-order valence-electron chi connectivity index (χ1n) is 6.14. The van der Waals surface area contributed by atoms with E-state index in [0.29, 0.717) is 10.6 Å². The number of benzene rings is 2. The third-order valence-electron chi connectivity index (χ3n) is 2.90. The van der Waals surface area contributed by atoms with Crippen LogP contribution in [0.5, 0.6) is 5.75 Å². The summed E-state index contributed by atoms with van der Waals surface area (Å²) in [6.45, 7) is 0. The van der Waals surface area contributed by atoms with E-state index in [0.717, 1.165) is 5.39 Å². The van der Waals surface area contributed by atoms with Crippen LogP contribution < -0.4 is 10.4 Å². The third-order valence-corrected chi connectivity index (χ3v) is 3.23. The fourth-order valence-corrected chi connectivity index (χ4v) is 2.11. The van der Waals surface area contributed by atoms with Gasteiger partial charge in [0.15, 0.2) is 0 Å². The van der Waals surface area contributed by atoms with Gasteiger partial charge in [0.25, 0.3) is 0 Å². The quantitative estimate of drug-likeness (QED) is 0.412. The molecule has 2 aromatic carbocycles. The van der Waals surface area contributed by atoms with Gasteiger partial charge in [0.1, 0.15) is 11.3 Å². The molecule has 104 valence electrons. The summed E-state index contributed by atoms with van der Waals surface area (Å²) in [6.07, 6.45) is 0. The van der Waals surface area contributed by atoms with Gasteiger partial charge in [0.05, 0.1) is 10.6 Å². The third kappa shape index (κ3) is 2.80. The molecular weight excluding hydrogens is 292 g/mol. The summed E-state index contributed by atoms with van der Waals surface area (Å²) >= 11 is 5.94. The Balaban J connectivity index is 1.93. The van der Waals surface area contributed by atoms with Crippen molar-refractivity contribution in [3.63, 3.8) is 0 Å². The Morgan fingerprint density at radius 3 is 2.62 bits per heavy atom. The minimum absolute atomic E-state index is 0.272. The number of carbonyl (C=O) groups excluding carboxylic acids is 1. The average Bonchev–Trinajstić information content (AvgIpc) is 2.47. The molecule has 0 amide bonds. The van der Waals surface area contributed by atoms with Gasteiger partial charge in [0.2, 0.25) is 0 Å². The SMILES string of the molecule is O=C(Oc1ccc2ccc(=O)oc2c1)c1ccccc1Cl. The van der Waals surface area contributed by atoms with E-state index in [-0.39, 0.29) is 11.3 Å². The summed E-state index contributed by atoms with van der Waals surface area (Å²) < 4.78 is 10.3. The zero-order chi connectivity index (χ0) is 14.8. The highest BCUT2D eigenvalue weighted by atomic mass is 35.5. The number of rotatable bonds is 2. The number of hydrogen-bond acceptors (Lipinski definition) is 4. The van der Waals surface area contributed by atoms with E-state index in [2.05, 4.69) is 0 Å². The van der Waals surface area contributed by atoms with E-state index in [9.17, 15) is 9.59 Å². The van der Waals surface area contributed by atoms with Crippen molar-refractivity contribution in [1.82, 2.24) is 0 Å². The van der Waals surface area contributed by atoms with E-state index in [1.165, 1.54) is 12.1 Å². The molecule has 0 spiro atoms. The van der Waals surface area contributed by atoms with Crippen LogP contribution >= 0.6 is 11.6 Å². The predicted octanol–water partition coefficient (Wildman–Crippen LogP) is 3.67. The van der Waals surface area contributed by atoms with Crippen LogP contribution in [-0.2, 0) is 0 Å². The van der Waals surface area contributed by atoms with Crippen LogP contribution in [0.3, 0.4) is 0 Å². The van der Waals surface area contributed by atoms with Gasteiger partial charge >= 0.3 is 11.6 Å². The maximum atomic E-state index is 12.0. The van der Waals surface area contributed by atoms with Crippen molar-refractivity contribution < 1.29 is 13.9 Å². The Morgan fingerprint density at radius 2 is 1.81 bits per heavy atom. The minimum atomic E-state index is -0.571. The van der Waals surface area contributed by atoms with Crippen LogP contribution in [-0.4, -0.2) is 5.97 Å². The highest BCUT2D eigenvalue weighted by Crippen LogP contribution is 2.22. The Bertz CT molecular complexity index is 883. The second-order valence-corrected chi connectivity index (χ2v) is 4.73. The second kappa shape index (κ2) is 5.42. The van der Waals surface area contributed by atoms with Crippen LogP contribution in [0, 0.1) is 0 Å². The van der Waals surface area contributed by atoms with Crippen LogP contribution in [0.4, 0.5) is 0 Å². The first-order valence-corrected chi connectivity index (χ1v) is 6.52. The lowest BCUT2D eigenvalue weighted by Crippen LogP contribution is -2.09. The molecule has 0 radical (unpaired) electrons. The first kappa shape index (κ1) is 13.4. The summed E-state index contributed by atoms with van der Waals surface area (Å²) in [5.41, 5.74) is 0.165. The molecule has 1 heterocycles. The van der Waals surface area contributed by atoms with E-state index in [4.69, 9.17) is 20.8 Å². The lowest BCUT2D eigenvalue weighted by molar-refractivity contribution is 0.0735. The molecule has 0 aliphatic heterocycles. The highest BCUT2D eigenvalue weighted by molar-refractivity contribution is 6.33. The standard InChI is InChI=1S/C16H9ClO4/c17-13-4-2-1-3-12(13)16(19)20-11-7-5-10-6-8-15(18)21-14(10)9-11/h1-9H. The maximum Gasteiger partial charge on any atom is 0.345 e. The number of esters is 1. The molecule has 21 heavy (non-hydrogen) atoms. The van der Waals surface area contributed by atoms with Crippen molar-refractivity contribution in [2.75, 3.05) is 0 Å². The summed E-state index contributed by atoms with van der Waals surface area (Å²) in [4.78, 5) is 23.2. The lowest BCUT2D eigenvalue weighted by atomic mass is 10.2. The van der Waals surface area contributed by atoms with E-state index < -0.39 is 11.6 Å².